The van der Waals surface area contributed by atoms with E-state index in [1.54, 1.807) is 32.9 Å². The predicted molar refractivity (Wildman–Crippen MR) is 128 cm³/mol. The quantitative estimate of drug-likeness (QED) is 0.318. The normalized spacial score (nSPS) is 12.7. The number of nitrogens with one attached hydrogen (secondary N) is 3. The van der Waals surface area contributed by atoms with E-state index >= 15 is 0 Å². The molecule has 4 amide bonds. The van der Waals surface area contributed by atoms with Gasteiger partial charge < -0.3 is 31.2 Å². The fourth-order valence-corrected chi connectivity index (χ4v) is 2.91. The van der Waals surface area contributed by atoms with Gasteiger partial charge in [-0.15, -0.1) is 0 Å². The van der Waals surface area contributed by atoms with Crippen molar-refractivity contribution < 1.29 is 33.4 Å². The number of amides is 4. The van der Waals surface area contributed by atoms with Gasteiger partial charge >= 0.3 is 12.1 Å². The Bertz CT molecular complexity index is 882. The van der Waals surface area contributed by atoms with E-state index in [0.29, 0.717) is 0 Å². The molecular formula is C24H36N4O7. The Morgan fingerprint density at radius 1 is 0.943 bits per heavy atom. The number of hydrogen-bond donors (Lipinski definition) is 4. The topological polar surface area (TPSA) is 166 Å². The summed E-state index contributed by atoms with van der Waals surface area (Å²) in [4.78, 5) is 61.1. The molecule has 0 saturated heterocycles. The summed E-state index contributed by atoms with van der Waals surface area (Å²) in [7, 11) is 0. The molecule has 11 nitrogen and oxygen atoms in total. The average Bonchev–Trinajstić information content (AvgIpc) is 2.73. The van der Waals surface area contributed by atoms with Gasteiger partial charge in [-0.25, -0.2) is 4.79 Å². The predicted octanol–water partition coefficient (Wildman–Crippen LogP) is 1.15. The number of benzene rings is 1. The largest absolute Gasteiger partial charge is 0.460 e. The van der Waals surface area contributed by atoms with E-state index in [-0.39, 0.29) is 18.9 Å². The molecule has 0 fully saturated rings. The summed E-state index contributed by atoms with van der Waals surface area (Å²) >= 11 is 0. The van der Waals surface area contributed by atoms with Gasteiger partial charge in [0.15, 0.2) is 0 Å². The second kappa shape index (κ2) is 13.9. The maximum absolute atomic E-state index is 12.8. The van der Waals surface area contributed by atoms with Crippen LogP contribution in [0.15, 0.2) is 30.3 Å². The van der Waals surface area contributed by atoms with Gasteiger partial charge in [0.1, 0.15) is 30.8 Å². The Hall–Kier alpha value is -3.63. The number of rotatable bonds is 12. The standard InChI is InChI=1S/C24H36N4O7/c1-15(2)11-17(21(31)26-13-20(30)34-14-16-9-7-6-8-10-16)27-22(32)18(12-19(25)29)28-23(33)35-24(3,4)5/h6-10,15,17-18H,11-14H2,1-5H3,(H2,25,29)(H,26,31)(H,27,32)(H,28,33). The van der Waals surface area contributed by atoms with Crippen LogP contribution >= 0.6 is 0 Å². The molecule has 5 N–H and O–H groups in total. The van der Waals surface area contributed by atoms with Crippen LogP contribution in [-0.2, 0) is 35.3 Å². The van der Waals surface area contributed by atoms with Crippen LogP contribution in [0.4, 0.5) is 4.79 Å². The highest BCUT2D eigenvalue weighted by atomic mass is 16.6. The molecule has 1 rings (SSSR count). The monoisotopic (exact) mass is 492 g/mol. The average molecular weight is 493 g/mol. The first kappa shape index (κ1) is 29.4. The maximum Gasteiger partial charge on any atom is 0.408 e. The molecule has 0 spiro atoms. The van der Waals surface area contributed by atoms with Crippen molar-refractivity contribution in [1.29, 1.82) is 0 Å². The molecule has 2 atom stereocenters. The third kappa shape index (κ3) is 13.0. The first-order valence-corrected chi connectivity index (χ1v) is 11.3. The lowest BCUT2D eigenvalue weighted by Crippen LogP contribution is -2.55. The number of hydrogen-bond acceptors (Lipinski definition) is 7. The fourth-order valence-electron chi connectivity index (χ4n) is 2.91. The van der Waals surface area contributed by atoms with Crippen molar-refractivity contribution in [2.75, 3.05) is 6.54 Å². The fraction of sp³-hybridized carbons (Fsp3) is 0.542. The first-order chi connectivity index (χ1) is 16.3. The zero-order chi connectivity index (χ0) is 26.6. The smallest absolute Gasteiger partial charge is 0.408 e. The van der Waals surface area contributed by atoms with Crippen molar-refractivity contribution in [3.63, 3.8) is 0 Å². The molecule has 0 aliphatic heterocycles. The number of nitrogens with two attached hydrogens (primary N) is 1. The summed E-state index contributed by atoms with van der Waals surface area (Å²) in [5, 5.41) is 7.28. The number of carbonyl (C=O) groups excluding carboxylic acids is 5. The van der Waals surface area contributed by atoms with Gasteiger partial charge in [-0.1, -0.05) is 44.2 Å². The van der Waals surface area contributed by atoms with Gasteiger partial charge in [0.2, 0.25) is 17.7 Å². The Morgan fingerprint density at radius 2 is 1.57 bits per heavy atom. The molecule has 1 aromatic carbocycles. The van der Waals surface area contributed by atoms with E-state index < -0.39 is 60.4 Å². The molecule has 11 heteroatoms. The van der Waals surface area contributed by atoms with E-state index in [4.69, 9.17) is 15.2 Å². The van der Waals surface area contributed by atoms with Crippen molar-refractivity contribution >= 4 is 29.8 Å². The Kier molecular flexibility index (Phi) is 11.7. The van der Waals surface area contributed by atoms with Gasteiger partial charge in [-0.3, -0.25) is 19.2 Å². The lowest BCUT2D eigenvalue weighted by Gasteiger charge is -2.25. The number of ether oxygens (including phenoxy) is 2. The Balaban J connectivity index is 2.75. The second-order valence-corrected chi connectivity index (χ2v) is 9.42. The summed E-state index contributed by atoms with van der Waals surface area (Å²) in [6.45, 7) is 8.29. The molecule has 194 valence electrons. The highest BCUT2D eigenvalue weighted by Gasteiger charge is 2.30. The van der Waals surface area contributed by atoms with Gasteiger partial charge in [0.05, 0.1) is 6.42 Å². The van der Waals surface area contributed by atoms with Crippen LogP contribution in [0, 0.1) is 5.92 Å². The lowest BCUT2D eigenvalue weighted by molar-refractivity contribution is -0.145. The zero-order valence-electron chi connectivity index (χ0n) is 20.9. The van der Waals surface area contributed by atoms with Crippen LogP contribution in [0.1, 0.15) is 53.0 Å². The molecule has 0 radical (unpaired) electrons. The minimum Gasteiger partial charge on any atom is -0.460 e. The highest BCUT2D eigenvalue weighted by molar-refractivity contribution is 5.94. The lowest BCUT2D eigenvalue weighted by atomic mass is 10.0. The third-order valence-electron chi connectivity index (χ3n) is 4.40. The molecule has 0 aliphatic rings. The summed E-state index contributed by atoms with van der Waals surface area (Å²) in [5.74, 6) is -2.87. The molecule has 0 bridgehead atoms. The van der Waals surface area contributed by atoms with Gasteiger partial charge in [0.25, 0.3) is 0 Å². The van der Waals surface area contributed by atoms with Gasteiger partial charge in [0, 0.05) is 0 Å². The Morgan fingerprint density at radius 3 is 2.11 bits per heavy atom. The molecule has 0 aromatic heterocycles. The zero-order valence-corrected chi connectivity index (χ0v) is 20.9. The van der Waals surface area contributed by atoms with Gasteiger partial charge in [-0.2, -0.15) is 0 Å². The maximum atomic E-state index is 12.8. The van der Waals surface area contributed by atoms with Gasteiger partial charge in [-0.05, 0) is 38.7 Å². The van der Waals surface area contributed by atoms with Crippen LogP contribution in [0.2, 0.25) is 0 Å². The van der Waals surface area contributed by atoms with E-state index in [9.17, 15) is 24.0 Å². The summed E-state index contributed by atoms with van der Waals surface area (Å²) in [5.41, 5.74) is 5.19. The molecule has 0 saturated carbocycles. The number of esters is 1. The summed E-state index contributed by atoms with van der Waals surface area (Å²) in [6.07, 6.45) is -1.16. The minimum atomic E-state index is -1.35. The highest BCUT2D eigenvalue weighted by Crippen LogP contribution is 2.09. The van der Waals surface area contributed by atoms with Crippen molar-refractivity contribution in [3.05, 3.63) is 35.9 Å². The van der Waals surface area contributed by atoms with Crippen LogP contribution in [0.5, 0.6) is 0 Å². The molecule has 35 heavy (non-hydrogen) atoms. The van der Waals surface area contributed by atoms with Crippen molar-refractivity contribution in [1.82, 2.24) is 16.0 Å². The van der Waals surface area contributed by atoms with Crippen LogP contribution in [0.3, 0.4) is 0 Å². The van der Waals surface area contributed by atoms with E-state index in [1.165, 1.54) is 0 Å². The van der Waals surface area contributed by atoms with E-state index in [0.717, 1.165) is 5.56 Å². The molecular weight excluding hydrogens is 456 g/mol. The number of carbonyl (C=O) groups is 5. The SMILES string of the molecule is CC(C)CC(NC(=O)C(CC(N)=O)NC(=O)OC(C)(C)C)C(=O)NCC(=O)OCc1ccccc1. The molecule has 0 aliphatic carbocycles. The minimum absolute atomic E-state index is 0.00416. The molecule has 2 unspecified atom stereocenters. The number of alkyl carbamates (subject to hydrolysis) is 1. The third-order valence-corrected chi connectivity index (χ3v) is 4.40. The molecule has 1 aromatic rings. The van der Waals surface area contributed by atoms with E-state index in [1.807, 2.05) is 32.0 Å². The van der Waals surface area contributed by atoms with Crippen molar-refractivity contribution in [3.8, 4) is 0 Å². The molecule has 0 heterocycles. The second-order valence-electron chi connectivity index (χ2n) is 9.42. The first-order valence-electron chi connectivity index (χ1n) is 11.3. The van der Waals surface area contributed by atoms with Crippen molar-refractivity contribution in [2.45, 2.75) is 71.8 Å². The van der Waals surface area contributed by atoms with Crippen molar-refractivity contribution in [2.24, 2.45) is 11.7 Å². The van der Waals surface area contributed by atoms with E-state index in [2.05, 4.69) is 16.0 Å². The van der Waals surface area contributed by atoms with Crippen LogP contribution in [0.25, 0.3) is 0 Å². The van der Waals surface area contributed by atoms with Crippen LogP contribution in [-0.4, -0.2) is 54.0 Å². The summed E-state index contributed by atoms with van der Waals surface area (Å²) < 4.78 is 10.3. The Labute approximate surface area is 205 Å². The van der Waals surface area contributed by atoms with Crippen LogP contribution < -0.4 is 21.7 Å². The number of primary amides is 1. The summed E-state index contributed by atoms with van der Waals surface area (Å²) in [6, 6.07) is 6.69.